The topological polar surface area (TPSA) is 32.3 Å². The Morgan fingerprint density at radius 1 is 1.04 bits per heavy atom. The van der Waals surface area contributed by atoms with Crippen LogP contribution in [0.1, 0.15) is 50.5 Å². The summed E-state index contributed by atoms with van der Waals surface area (Å²) in [6, 6.07) is 16.0. The Kier molecular flexibility index (Phi) is 3.90. The number of nitrogens with one attached hydrogen (secondary N) is 1. The number of hydrogen-bond acceptors (Lipinski definition) is 2. The molecule has 1 heterocycles. The summed E-state index contributed by atoms with van der Waals surface area (Å²) in [6.07, 6.45) is 0. The monoisotopic (exact) mass is 322 g/mol. The highest BCUT2D eigenvalue weighted by atomic mass is 16.2. The number of fused-ring (bicyclic) bond motifs is 1. The molecule has 0 aromatic heterocycles. The van der Waals surface area contributed by atoms with Crippen molar-refractivity contribution in [2.75, 3.05) is 16.8 Å². The van der Waals surface area contributed by atoms with E-state index in [1.165, 1.54) is 5.56 Å². The van der Waals surface area contributed by atoms with Gasteiger partial charge in [0.1, 0.15) is 0 Å². The van der Waals surface area contributed by atoms with Gasteiger partial charge in [0.15, 0.2) is 0 Å². The van der Waals surface area contributed by atoms with Gasteiger partial charge in [-0.3, -0.25) is 4.79 Å². The number of anilines is 2. The second-order valence-corrected chi connectivity index (χ2v) is 8.24. The van der Waals surface area contributed by atoms with Crippen molar-refractivity contribution in [3.63, 3.8) is 0 Å². The number of rotatable bonds is 1. The molecule has 1 aliphatic rings. The first-order valence-electron chi connectivity index (χ1n) is 8.47. The molecule has 0 saturated heterocycles. The lowest BCUT2D eigenvalue weighted by molar-refractivity contribution is 0.0981. The van der Waals surface area contributed by atoms with Crippen molar-refractivity contribution in [2.45, 2.75) is 45.6 Å². The molecule has 0 unspecified atom stereocenters. The van der Waals surface area contributed by atoms with Gasteiger partial charge in [-0.25, -0.2) is 0 Å². The lowest BCUT2D eigenvalue weighted by Gasteiger charge is -2.41. The van der Waals surface area contributed by atoms with Crippen LogP contribution in [-0.2, 0) is 5.41 Å². The van der Waals surface area contributed by atoms with E-state index in [0.717, 1.165) is 16.9 Å². The molecule has 1 N–H and O–H groups in total. The molecule has 3 heteroatoms. The summed E-state index contributed by atoms with van der Waals surface area (Å²) in [5.41, 5.74) is 3.85. The molecular weight excluding hydrogens is 296 g/mol. The van der Waals surface area contributed by atoms with Gasteiger partial charge in [0, 0.05) is 17.6 Å². The van der Waals surface area contributed by atoms with Crippen LogP contribution in [0.3, 0.4) is 0 Å². The molecule has 0 atom stereocenters. The Hall–Kier alpha value is -2.29. The van der Waals surface area contributed by atoms with Crippen LogP contribution in [0.5, 0.6) is 0 Å². The first-order chi connectivity index (χ1) is 11.2. The Balaban J connectivity index is 1.95. The fourth-order valence-corrected chi connectivity index (χ4v) is 3.15. The standard InChI is InChI=1S/C21H26N2O/c1-20(2,3)16-12-10-15(11-13-16)19(24)23-14-21(4,5)22-17-8-6-7-9-18(17)23/h6-13,22H,14H2,1-5H3. The molecule has 0 radical (unpaired) electrons. The largest absolute Gasteiger partial charge is 0.377 e. The summed E-state index contributed by atoms with van der Waals surface area (Å²) in [4.78, 5) is 15.0. The van der Waals surface area contributed by atoms with E-state index in [0.29, 0.717) is 6.54 Å². The van der Waals surface area contributed by atoms with Crippen LogP contribution in [-0.4, -0.2) is 18.0 Å². The highest BCUT2D eigenvalue weighted by molar-refractivity contribution is 6.08. The lowest BCUT2D eigenvalue weighted by atomic mass is 9.86. The molecule has 1 aliphatic heterocycles. The number of carbonyl (C=O) groups is 1. The molecule has 0 aliphatic carbocycles. The number of para-hydroxylation sites is 2. The minimum absolute atomic E-state index is 0.0532. The van der Waals surface area contributed by atoms with E-state index in [4.69, 9.17) is 0 Å². The SMILES string of the molecule is CC1(C)CN(C(=O)c2ccc(C(C)(C)C)cc2)c2ccccc2N1. The van der Waals surface area contributed by atoms with Crippen molar-refractivity contribution in [1.29, 1.82) is 0 Å². The third-order valence-corrected chi connectivity index (χ3v) is 4.46. The number of hydrogen-bond donors (Lipinski definition) is 1. The van der Waals surface area contributed by atoms with Crippen LogP contribution in [0.4, 0.5) is 11.4 Å². The van der Waals surface area contributed by atoms with Crippen molar-refractivity contribution >= 4 is 17.3 Å². The second kappa shape index (κ2) is 5.66. The van der Waals surface area contributed by atoms with Gasteiger partial charge in [0.2, 0.25) is 0 Å². The molecule has 0 saturated carbocycles. The number of nitrogens with zero attached hydrogens (tertiary/aromatic N) is 1. The van der Waals surface area contributed by atoms with E-state index in [2.05, 4.69) is 52.1 Å². The van der Waals surface area contributed by atoms with Crippen molar-refractivity contribution < 1.29 is 4.79 Å². The van der Waals surface area contributed by atoms with Gasteiger partial charge in [-0.1, -0.05) is 45.0 Å². The van der Waals surface area contributed by atoms with E-state index >= 15 is 0 Å². The zero-order valence-corrected chi connectivity index (χ0v) is 15.2. The maximum absolute atomic E-state index is 13.1. The molecule has 1 amide bonds. The maximum atomic E-state index is 13.1. The van der Waals surface area contributed by atoms with Crippen LogP contribution < -0.4 is 10.2 Å². The average molecular weight is 322 g/mol. The summed E-state index contributed by atoms with van der Waals surface area (Å²) < 4.78 is 0. The Labute approximate surface area is 144 Å². The van der Waals surface area contributed by atoms with E-state index in [1.54, 1.807) is 0 Å². The summed E-state index contributed by atoms with van der Waals surface area (Å²) >= 11 is 0. The van der Waals surface area contributed by atoms with Gasteiger partial charge in [-0.05, 0) is 49.1 Å². The second-order valence-electron chi connectivity index (χ2n) is 8.24. The van der Waals surface area contributed by atoms with Gasteiger partial charge in [-0.2, -0.15) is 0 Å². The molecule has 3 nitrogen and oxygen atoms in total. The minimum atomic E-state index is -0.157. The van der Waals surface area contributed by atoms with Gasteiger partial charge in [0.25, 0.3) is 5.91 Å². The quantitative estimate of drug-likeness (QED) is 0.815. The van der Waals surface area contributed by atoms with Crippen LogP contribution in [0.15, 0.2) is 48.5 Å². The molecule has 24 heavy (non-hydrogen) atoms. The molecule has 2 aromatic rings. The number of amides is 1. The van der Waals surface area contributed by atoms with Gasteiger partial charge >= 0.3 is 0 Å². The fraction of sp³-hybridized carbons (Fsp3) is 0.381. The first-order valence-corrected chi connectivity index (χ1v) is 8.47. The van der Waals surface area contributed by atoms with Crippen molar-refractivity contribution in [3.8, 4) is 0 Å². The Morgan fingerprint density at radius 3 is 2.29 bits per heavy atom. The van der Waals surface area contributed by atoms with Crippen molar-refractivity contribution in [1.82, 2.24) is 0 Å². The summed E-state index contributed by atoms with van der Waals surface area (Å²) in [7, 11) is 0. The van der Waals surface area contributed by atoms with E-state index in [9.17, 15) is 4.79 Å². The first kappa shape index (κ1) is 16.6. The Morgan fingerprint density at radius 2 is 1.67 bits per heavy atom. The van der Waals surface area contributed by atoms with Crippen molar-refractivity contribution in [2.24, 2.45) is 0 Å². The molecule has 0 spiro atoms. The van der Waals surface area contributed by atoms with Crippen LogP contribution in [0.25, 0.3) is 0 Å². The maximum Gasteiger partial charge on any atom is 0.258 e. The van der Waals surface area contributed by atoms with Crippen LogP contribution in [0.2, 0.25) is 0 Å². The smallest absolute Gasteiger partial charge is 0.258 e. The van der Waals surface area contributed by atoms with E-state index < -0.39 is 0 Å². The van der Waals surface area contributed by atoms with Gasteiger partial charge < -0.3 is 10.2 Å². The third kappa shape index (κ3) is 3.16. The Bertz CT molecular complexity index is 754. The number of benzene rings is 2. The lowest BCUT2D eigenvalue weighted by Crippen LogP contribution is -2.50. The van der Waals surface area contributed by atoms with E-state index in [1.807, 2.05) is 41.3 Å². The summed E-state index contributed by atoms with van der Waals surface area (Å²) in [5, 5.41) is 3.51. The molecule has 2 aromatic carbocycles. The van der Waals surface area contributed by atoms with E-state index in [-0.39, 0.29) is 16.9 Å². The summed E-state index contributed by atoms with van der Waals surface area (Å²) in [6.45, 7) is 11.4. The fourth-order valence-electron chi connectivity index (χ4n) is 3.15. The molecule has 0 bridgehead atoms. The van der Waals surface area contributed by atoms with Crippen LogP contribution >= 0.6 is 0 Å². The molecule has 3 rings (SSSR count). The minimum Gasteiger partial charge on any atom is -0.377 e. The zero-order chi connectivity index (χ0) is 17.5. The zero-order valence-electron chi connectivity index (χ0n) is 15.2. The van der Waals surface area contributed by atoms with Crippen molar-refractivity contribution in [3.05, 3.63) is 59.7 Å². The molecule has 126 valence electrons. The summed E-state index contributed by atoms with van der Waals surface area (Å²) in [5.74, 6) is 0.0532. The normalized spacial score (nSPS) is 16.3. The average Bonchev–Trinajstić information content (AvgIpc) is 2.52. The highest BCUT2D eigenvalue weighted by Gasteiger charge is 2.33. The predicted molar refractivity (Wildman–Crippen MR) is 101 cm³/mol. The van der Waals surface area contributed by atoms with Gasteiger partial charge in [-0.15, -0.1) is 0 Å². The molecular formula is C21H26N2O. The third-order valence-electron chi connectivity index (χ3n) is 4.46. The van der Waals surface area contributed by atoms with Crippen LogP contribution in [0, 0.1) is 0 Å². The predicted octanol–water partition coefficient (Wildman–Crippen LogP) is 4.84. The number of carbonyl (C=O) groups excluding carboxylic acids is 1. The van der Waals surface area contributed by atoms with Gasteiger partial charge in [0.05, 0.1) is 11.4 Å². The molecule has 0 fully saturated rings. The highest BCUT2D eigenvalue weighted by Crippen LogP contribution is 2.35.